The molecule has 0 saturated heterocycles. The van der Waals surface area contributed by atoms with E-state index in [1.807, 2.05) is 0 Å². The molecule has 0 saturated carbocycles. The number of halogens is 4. The van der Waals surface area contributed by atoms with Crippen molar-refractivity contribution in [1.82, 2.24) is 10.2 Å². The summed E-state index contributed by atoms with van der Waals surface area (Å²) in [4.78, 5) is 10.7. The van der Waals surface area contributed by atoms with Crippen molar-refractivity contribution in [3.63, 3.8) is 0 Å². The molecule has 1 heterocycles. The van der Waals surface area contributed by atoms with Crippen molar-refractivity contribution in [3.8, 4) is 0 Å². The van der Waals surface area contributed by atoms with Crippen LogP contribution < -0.4 is 0 Å². The van der Waals surface area contributed by atoms with Crippen molar-refractivity contribution < 1.29 is 27.1 Å². The molecule has 4 nitrogen and oxygen atoms in total. The summed E-state index contributed by atoms with van der Waals surface area (Å²) in [7, 11) is 0.870. The Morgan fingerprint density at radius 3 is 2.50 bits per heavy atom. The second-order valence-electron chi connectivity index (χ2n) is 2.25. The zero-order chi connectivity index (χ0) is 10.9. The predicted molar refractivity (Wildman–Crippen MR) is 34.9 cm³/mol. The maximum absolute atomic E-state index is 12.6. The van der Waals surface area contributed by atoms with E-state index in [0.29, 0.717) is 0 Å². The normalized spacial score (nSPS) is 11.5. The Bertz CT molecular complexity index is 357. The maximum atomic E-state index is 12.6. The monoisotopic (exact) mass is 212 g/mol. The van der Waals surface area contributed by atoms with E-state index in [-0.39, 0.29) is 0 Å². The average Bonchev–Trinajstić information content (AvgIpc) is 2.44. The number of aromatic nitrogens is 2. The van der Waals surface area contributed by atoms with Crippen molar-refractivity contribution in [1.29, 1.82) is 0 Å². The van der Waals surface area contributed by atoms with Crippen LogP contribution in [0.2, 0.25) is 0 Å². The van der Waals surface area contributed by atoms with Crippen LogP contribution in [0.5, 0.6) is 0 Å². The highest BCUT2D eigenvalue weighted by Gasteiger charge is 2.41. The number of hydrogen-bond donors (Lipinski definition) is 1. The lowest BCUT2D eigenvalue weighted by molar-refractivity contribution is -0.140. The van der Waals surface area contributed by atoms with Crippen LogP contribution >= 0.6 is 0 Å². The number of esters is 1. The lowest BCUT2D eigenvalue weighted by Gasteiger charge is -2.04. The molecule has 0 spiro atoms. The number of methoxy groups -OCH3 is 1. The van der Waals surface area contributed by atoms with Gasteiger partial charge in [-0.25, -0.2) is 4.79 Å². The number of carbonyl (C=O) groups excluding carboxylic acids is 1. The van der Waals surface area contributed by atoms with Crippen LogP contribution in [0.15, 0.2) is 0 Å². The third kappa shape index (κ3) is 1.68. The number of rotatable bonds is 1. The Balaban J connectivity index is 3.27. The number of aromatic amines is 1. The molecule has 0 aliphatic heterocycles. The standard InChI is InChI=1S/C6H4F4N2O2/c1-14-5(13)3-2(6(8,9)10)4(7)12-11-3/h1H3,(H,11,12). The first kappa shape index (κ1) is 10.5. The molecule has 0 fully saturated rings. The van der Waals surface area contributed by atoms with Gasteiger partial charge in [-0.1, -0.05) is 0 Å². The molecular formula is C6H4F4N2O2. The van der Waals surface area contributed by atoms with Gasteiger partial charge in [0, 0.05) is 0 Å². The molecule has 0 atom stereocenters. The zero-order valence-corrected chi connectivity index (χ0v) is 6.78. The third-order valence-electron chi connectivity index (χ3n) is 1.38. The fourth-order valence-electron chi connectivity index (χ4n) is 0.824. The zero-order valence-electron chi connectivity index (χ0n) is 6.78. The molecule has 8 heteroatoms. The van der Waals surface area contributed by atoms with E-state index < -0.39 is 29.4 Å². The van der Waals surface area contributed by atoms with Gasteiger partial charge in [-0.2, -0.15) is 22.7 Å². The molecule has 0 radical (unpaired) electrons. The van der Waals surface area contributed by atoms with E-state index in [2.05, 4.69) is 9.84 Å². The van der Waals surface area contributed by atoms with Gasteiger partial charge in [0.25, 0.3) is 0 Å². The summed E-state index contributed by atoms with van der Waals surface area (Å²) >= 11 is 0. The van der Waals surface area contributed by atoms with Crippen molar-refractivity contribution in [2.45, 2.75) is 6.18 Å². The summed E-state index contributed by atoms with van der Waals surface area (Å²) in [5.41, 5.74) is -2.86. The fraction of sp³-hybridized carbons (Fsp3) is 0.333. The topological polar surface area (TPSA) is 55.0 Å². The van der Waals surface area contributed by atoms with Crippen LogP contribution in [0.25, 0.3) is 0 Å². The maximum Gasteiger partial charge on any atom is 0.423 e. The summed E-state index contributed by atoms with van der Waals surface area (Å²) in [6, 6.07) is 0. The van der Waals surface area contributed by atoms with E-state index in [1.54, 1.807) is 0 Å². The highest BCUT2D eigenvalue weighted by molar-refractivity contribution is 5.88. The largest absolute Gasteiger partial charge is 0.464 e. The highest BCUT2D eigenvalue weighted by atomic mass is 19.4. The Kier molecular flexibility index (Phi) is 2.45. The molecule has 1 N–H and O–H groups in total. The van der Waals surface area contributed by atoms with Gasteiger partial charge in [-0.3, -0.25) is 5.10 Å². The van der Waals surface area contributed by atoms with Crippen LogP contribution in [0, 0.1) is 5.95 Å². The van der Waals surface area contributed by atoms with Gasteiger partial charge in [0.2, 0.25) is 5.95 Å². The van der Waals surface area contributed by atoms with Crippen LogP contribution in [0.3, 0.4) is 0 Å². The van der Waals surface area contributed by atoms with Crippen LogP contribution in [-0.2, 0) is 10.9 Å². The number of nitrogens with zero attached hydrogens (tertiary/aromatic N) is 1. The molecule has 1 rings (SSSR count). The number of hydrogen-bond acceptors (Lipinski definition) is 3. The van der Waals surface area contributed by atoms with Crippen molar-refractivity contribution in [3.05, 3.63) is 17.2 Å². The lowest BCUT2D eigenvalue weighted by Crippen LogP contribution is -2.14. The van der Waals surface area contributed by atoms with Gasteiger partial charge >= 0.3 is 12.1 Å². The average molecular weight is 212 g/mol. The molecule has 0 aliphatic rings. The van der Waals surface area contributed by atoms with E-state index in [1.165, 1.54) is 5.10 Å². The molecule has 0 aromatic carbocycles. The minimum atomic E-state index is -4.99. The summed E-state index contributed by atoms with van der Waals surface area (Å²) in [6.07, 6.45) is -4.99. The molecule has 0 bridgehead atoms. The predicted octanol–water partition coefficient (Wildman–Crippen LogP) is 1.35. The van der Waals surface area contributed by atoms with Gasteiger partial charge < -0.3 is 4.74 Å². The molecule has 14 heavy (non-hydrogen) atoms. The SMILES string of the molecule is COC(=O)c1n[nH]c(F)c1C(F)(F)F. The molecule has 0 amide bonds. The van der Waals surface area contributed by atoms with E-state index in [4.69, 9.17) is 0 Å². The second kappa shape index (κ2) is 3.28. The quantitative estimate of drug-likeness (QED) is 0.564. The fourth-order valence-corrected chi connectivity index (χ4v) is 0.824. The minimum absolute atomic E-state index is 0.870. The number of H-pyrrole nitrogens is 1. The Morgan fingerprint density at radius 1 is 1.50 bits per heavy atom. The van der Waals surface area contributed by atoms with E-state index >= 15 is 0 Å². The molecule has 0 unspecified atom stereocenters. The highest BCUT2D eigenvalue weighted by Crippen LogP contribution is 2.33. The first-order valence-corrected chi connectivity index (χ1v) is 3.27. The van der Waals surface area contributed by atoms with Crippen molar-refractivity contribution >= 4 is 5.97 Å². The number of alkyl halides is 3. The summed E-state index contributed by atoms with van der Waals surface area (Å²) in [6.45, 7) is 0. The Hall–Kier alpha value is -1.60. The number of nitrogens with one attached hydrogen (secondary N) is 1. The smallest absolute Gasteiger partial charge is 0.423 e. The molecule has 78 valence electrons. The Morgan fingerprint density at radius 2 is 2.07 bits per heavy atom. The van der Waals surface area contributed by atoms with Crippen LogP contribution in [0.1, 0.15) is 16.1 Å². The molecular weight excluding hydrogens is 208 g/mol. The van der Waals surface area contributed by atoms with Gasteiger partial charge in [0.05, 0.1) is 7.11 Å². The van der Waals surface area contributed by atoms with Crippen molar-refractivity contribution in [2.24, 2.45) is 0 Å². The summed E-state index contributed by atoms with van der Waals surface area (Å²) < 4.78 is 52.9. The number of ether oxygens (including phenoxy) is 1. The van der Waals surface area contributed by atoms with Crippen LogP contribution in [0.4, 0.5) is 17.6 Å². The summed E-state index contributed by atoms with van der Waals surface area (Å²) in [5.74, 6) is -3.06. The first-order valence-electron chi connectivity index (χ1n) is 3.27. The first-order chi connectivity index (χ1) is 6.38. The van der Waals surface area contributed by atoms with Crippen molar-refractivity contribution in [2.75, 3.05) is 7.11 Å². The molecule has 1 aromatic rings. The Labute approximate surface area is 74.9 Å². The van der Waals surface area contributed by atoms with E-state index in [0.717, 1.165) is 7.11 Å². The second-order valence-corrected chi connectivity index (χ2v) is 2.25. The van der Waals surface area contributed by atoms with Gasteiger partial charge in [-0.15, -0.1) is 0 Å². The van der Waals surface area contributed by atoms with Gasteiger partial charge in [-0.05, 0) is 0 Å². The lowest BCUT2D eigenvalue weighted by atomic mass is 10.2. The third-order valence-corrected chi connectivity index (χ3v) is 1.38. The van der Waals surface area contributed by atoms with Crippen LogP contribution in [-0.4, -0.2) is 23.3 Å². The number of carbonyl (C=O) groups is 1. The van der Waals surface area contributed by atoms with E-state index in [9.17, 15) is 22.4 Å². The molecule has 1 aromatic heterocycles. The minimum Gasteiger partial charge on any atom is -0.464 e. The van der Waals surface area contributed by atoms with Gasteiger partial charge in [0.1, 0.15) is 5.56 Å². The molecule has 0 aliphatic carbocycles. The van der Waals surface area contributed by atoms with Gasteiger partial charge in [0.15, 0.2) is 5.69 Å². The summed E-state index contributed by atoms with van der Waals surface area (Å²) in [5, 5.41) is 4.28.